The molecule has 1 aliphatic heterocycles. The minimum absolute atomic E-state index is 0.305. The average Bonchev–Trinajstić information content (AvgIpc) is 2.93. The van der Waals surface area contributed by atoms with Gasteiger partial charge in [-0.25, -0.2) is 13.4 Å². The summed E-state index contributed by atoms with van der Waals surface area (Å²) in [5.41, 5.74) is 0.722. The van der Waals surface area contributed by atoms with Crippen LogP contribution < -0.4 is 0 Å². The van der Waals surface area contributed by atoms with Crippen molar-refractivity contribution in [3.63, 3.8) is 0 Å². The van der Waals surface area contributed by atoms with E-state index < -0.39 is 10.0 Å². The predicted octanol–water partition coefficient (Wildman–Crippen LogP) is 3.29. The molecule has 0 atom stereocenters. The number of sulfonamides is 1. The summed E-state index contributed by atoms with van der Waals surface area (Å²) >= 11 is 5.97. The molecular formula is C17H22ClN3O2S. The third-order valence-corrected chi connectivity index (χ3v) is 6.62. The van der Waals surface area contributed by atoms with Gasteiger partial charge in [-0.1, -0.05) is 31.5 Å². The Labute approximate surface area is 148 Å². The fourth-order valence-corrected chi connectivity index (χ4v) is 5.16. The van der Waals surface area contributed by atoms with E-state index in [0.717, 1.165) is 17.9 Å². The van der Waals surface area contributed by atoms with Gasteiger partial charge in [-0.15, -0.1) is 0 Å². The monoisotopic (exact) mass is 367 g/mol. The highest BCUT2D eigenvalue weighted by atomic mass is 35.5. The first kappa shape index (κ1) is 17.5. The second kappa shape index (κ2) is 6.50. The fraction of sp³-hybridized carbons (Fsp3) is 0.471. The maximum Gasteiger partial charge on any atom is 0.243 e. The Bertz CT molecular complexity index is 839. The van der Waals surface area contributed by atoms with E-state index >= 15 is 0 Å². The van der Waals surface area contributed by atoms with Crippen molar-refractivity contribution in [3.05, 3.63) is 47.0 Å². The molecule has 0 aliphatic carbocycles. The SMILES string of the molecule is Cc1ccc(Cl)cc1S(=O)(=O)N1CC(Cn2ccnc2C(C)C)C1. The van der Waals surface area contributed by atoms with Crippen LogP contribution in [0.3, 0.4) is 0 Å². The number of rotatable bonds is 5. The van der Waals surface area contributed by atoms with Crippen LogP contribution in [0.1, 0.15) is 31.2 Å². The molecule has 1 fully saturated rings. The van der Waals surface area contributed by atoms with Gasteiger partial charge in [0, 0.05) is 48.9 Å². The molecule has 1 aliphatic rings. The van der Waals surface area contributed by atoms with E-state index in [1.54, 1.807) is 25.3 Å². The molecule has 0 radical (unpaired) electrons. The first-order chi connectivity index (χ1) is 11.3. The van der Waals surface area contributed by atoms with Gasteiger partial charge < -0.3 is 4.57 Å². The lowest BCUT2D eigenvalue weighted by Gasteiger charge is -2.38. The molecule has 0 amide bonds. The highest BCUT2D eigenvalue weighted by Gasteiger charge is 2.37. The normalized spacial score (nSPS) is 16.5. The van der Waals surface area contributed by atoms with Gasteiger partial charge in [0.2, 0.25) is 10.0 Å². The zero-order valence-corrected chi connectivity index (χ0v) is 15.7. The van der Waals surface area contributed by atoms with Crippen molar-refractivity contribution in [2.45, 2.75) is 38.1 Å². The molecule has 2 aromatic rings. The van der Waals surface area contributed by atoms with Crippen LogP contribution in [-0.2, 0) is 16.6 Å². The first-order valence-corrected chi connectivity index (χ1v) is 9.88. The van der Waals surface area contributed by atoms with Crippen LogP contribution in [0.4, 0.5) is 0 Å². The summed E-state index contributed by atoms with van der Waals surface area (Å²) in [6.45, 7) is 7.87. The van der Waals surface area contributed by atoms with Crippen LogP contribution >= 0.6 is 11.6 Å². The summed E-state index contributed by atoms with van der Waals surface area (Å²) in [5.74, 6) is 1.71. The molecule has 1 saturated heterocycles. The molecule has 0 spiro atoms. The Kier molecular flexibility index (Phi) is 4.73. The van der Waals surface area contributed by atoms with Crippen LogP contribution in [0.25, 0.3) is 0 Å². The second-order valence-electron chi connectivity index (χ2n) is 6.69. The first-order valence-electron chi connectivity index (χ1n) is 8.06. The van der Waals surface area contributed by atoms with Gasteiger partial charge in [-0.2, -0.15) is 4.31 Å². The molecule has 0 saturated carbocycles. The summed E-state index contributed by atoms with van der Waals surface area (Å²) in [5, 5.41) is 0.441. The molecule has 24 heavy (non-hydrogen) atoms. The number of aryl methyl sites for hydroxylation is 1. The van der Waals surface area contributed by atoms with Crippen molar-refractivity contribution in [1.29, 1.82) is 0 Å². The largest absolute Gasteiger partial charge is 0.334 e. The number of nitrogens with zero attached hydrogens (tertiary/aromatic N) is 3. The van der Waals surface area contributed by atoms with Crippen LogP contribution in [0.5, 0.6) is 0 Å². The Hall–Kier alpha value is -1.37. The molecule has 0 N–H and O–H groups in total. The van der Waals surface area contributed by atoms with E-state index in [1.165, 1.54) is 10.4 Å². The van der Waals surface area contributed by atoms with Crippen LogP contribution in [-0.4, -0.2) is 35.4 Å². The minimum atomic E-state index is -3.47. The predicted molar refractivity (Wildman–Crippen MR) is 94.8 cm³/mol. The third kappa shape index (κ3) is 3.23. The van der Waals surface area contributed by atoms with Gasteiger partial charge in [-0.05, 0) is 24.6 Å². The molecule has 2 heterocycles. The summed E-state index contributed by atoms with van der Waals surface area (Å²) in [6, 6.07) is 4.99. The van der Waals surface area contributed by atoms with Crippen molar-refractivity contribution in [3.8, 4) is 0 Å². The van der Waals surface area contributed by atoms with Crippen molar-refractivity contribution in [1.82, 2.24) is 13.9 Å². The smallest absolute Gasteiger partial charge is 0.243 e. The molecular weight excluding hydrogens is 346 g/mol. The standard InChI is InChI=1S/C17H22ClN3O2S/c1-12(2)17-19-6-7-20(17)9-14-10-21(11-14)24(22,23)16-8-15(18)5-4-13(16)3/h4-8,12,14H,9-11H2,1-3H3. The lowest BCUT2D eigenvalue weighted by Crippen LogP contribution is -2.51. The molecule has 1 aromatic heterocycles. The zero-order valence-electron chi connectivity index (χ0n) is 14.1. The van der Waals surface area contributed by atoms with E-state index in [-0.39, 0.29) is 0 Å². The average molecular weight is 368 g/mol. The summed E-state index contributed by atoms with van der Waals surface area (Å²) in [4.78, 5) is 4.68. The number of benzene rings is 1. The molecule has 7 heteroatoms. The number of halogens is 1. The van der Waals surface area contributed by atoms with E-state index in [1.807, 2.05) is 6.20 Å². The fourth-order valence-electron chi connectivity index (χ4n) is 3.08. The number of hydrogen-bond acceptors (Lipinski definition) is 3. The maximum absolute atomic E-state index is 12.8. The molecule has 0 bridgehead atoms. The van der Waals surface area contributed by atoms with Crippen molar-refractivity contribution < 1.29 is 8.42 Å². The molecule has 5 nitrogen and oxygen atoms in total. The topological polar surface area (TPSA) is 55.2 Å². The van der Waals surface area contributed by atoms with Crippen LogP contribution in [0, 0.1) is 12.8 Å². The highest BCUT2D eigenvalue weighted by molar-refractivity contribution is 7.89. The molecule has 0 unspecified atom stereocenters. The van der Waals surface area contributed by atoms with Crippen molar-refractivity contribution in [2.24, 2.45) is 5.92 Å². The minimum Gasteiger partial charge on any atom is -0.334 e. The van der Waals surface area contributed by atoms with Gasteiger partial charge in [0.1, 0.15) is 5.82 Å². The van der Waals surface area contributed by atoms with Gasteiger partial charge in [-0.3, -0.25) is 0 Å². The third-order valence-electron chi connectivity index (χ3n) is 4.41. The van der Waals surface area contributed by atoms with E-state index in [2.05, 4.69) is 23.4 Å². The Morgan fingerprint density at radius 3 is 2.71 bits per heavy atom. The second-order valence-corrected chi connectivity index (χ2v) is 9.03. The zero-order chi connectivity index (χ0) is 17.5. The van der Waals surface area contributed by atoms with Crippen molar-refractivity contribution >= 4 is 21.6 Å². The van der Waals surface area contributed by atoms with Crippen molar-refractivity contribution in [2.75, 3.05) is 13.1 Å². The van der Waals surface area contributed by atoms with Gasteiger partial charge in [0.05, 0.1) is 4.90 Å². The van der Waals surface area contributed by atoms with Crippen LogP contribution in [0.2, 0.25) is 5.02 Å². The Morgan fingerprint density at radius 2 is 2.04 bits per heavy atom. The summed E-state index contributed by atoms with van der Waals surface area (Å²) in [6.07, 6.45) is 3.77. The number of aromatic nitrogens is 2. The molecule has 130 valence electrons. The molecule has 1 aromatic carbocycles. The van der Waals surface area contributed by atoms with E-state index in [4.69, 9.17) is 11.6 Å². The number of hydrogen-bond donors (Lipinski definition) is 0. The van der Waals surface area contributed by atoms with Gasteiger partial charge >= 0.3 is 0 Å². The van der Waals surface area contributed by atoms with E-state index in [9.17, 15) is 8.42 Å². The number of imidazole rings is 1. The summed E-state index contributed by atoms with van der Waals surface area (Å²) < 4.78 is 29.2. The summed E-state index contributed by atoms with van der Waals surface area (Å²) in [7, 11) is -3.47. The van der Waals surface area contributed by atoms with E-state index in [0.29, 0.717) is 34.8 Å². The molecule has 3 rings (SSSR count). The highest BCUT2D eigenvalue weighted by Crippen LogP contribution is 2.30. The van der Waals surface area contributed by atoms with Gasteiger partial charge in [0.25, 0.3) is 0 Å². The quantitative estimate of drug-likeness (QED) is 0.814. The maximum atomic E-state index is 12.8. The Morgan fingerprint density at radius 1 is 1.33 bits per heavy atom. The van der Waals surface area contributed by atoms with Gasteiger partial charge in [0.15, 0.2) is 0 Å². The lowest BCUT2D eigenvalue weighted by molar-refractivity contribution is 0.178. The Balaban J connectivity index is 1.69. The lowest BCUT2D eigenvalue weighted by atomic mass is 10.0. The van der Waals surface area contributed by atoms with Crippen LogP contribution in [0.15, 0.2) is 35.5 Å².